The van der Waals surface area contributed by atoms with Crippen molar-refractivity contribution < 1.29 is 46.1 Å². The number of aromatic amines is 1. The smallest absolute Gasteiger partial charge is 0.475 e. The highest BCUT2D eigenvalue weighted by atomic mass is 35.5. The fourth-order valence-corrected chi connectivity index (χ4v) is 4.36. The van der Waals surface area contributed by atoms with Gasteiger partial charge in [0.25, 0.3) is 0 Å². The topological polar surface area (TPSA) is 181 Å². The molecule has 1 saturated heterocycles. The summed E-state index contributed by atoms with van der Waals surface area (Å²) in [5.74, 6) is -4.85. The number of nitrogens with one attached hydrogen (secondary N) is 2. The summed E-state index contributed by atoms with van der Waals surface area (Å²) >= 11 is 6.64. The number of anilines is 2. The molecule has 12 nitrogen and oxygen atoms in total. The van der Waals surface area contributed by atoms with Gasteiger partial charge in [0, 0.05) is 30.2 Å². The second-order valence-corrected chi connectivity index (χ2v) is 9.46. The van der Waals surface area contributed by atoms with E-state index in [0.717, 1.165) is 35.1 Å². The van der Waals surface area contributed by atoms with E-state index in [9.17, 15) is 31.6 Å². The summed E-state index contributed by atoms with van der Waals surface area (Å²) in [6.45, 7) is 3.55. The maximum absolute atomic E-state index is 10.6. The van der Waals surface area contributed by atoms with Crippen molar-refractivity contribution in [1.29, 1.82) is 5.26 Å². The maximum atomic E-state index is 10.6. The quantitative estimate of drug-likeness (QED) is 0.210. The van der Waals surface area contributed by atoms with E-state index in [4.69, 9.17) is 31.4 Å². The third-order valence-corrected chi connectivity index (χ3v) is 6.37. The first-order valence-corrected chi connectivity index (χ1v) is 12.6. The molecule has 1 aromatic carbocycles. The number of hydrogen-bond donors (Lipinski definition) is 4. The normalized spacial score (nSPS) is 15.4. The fourth-order valence-electron chi connectivity index (χ4n) is 4.09. The molecule has 0 spiro atoms. The summed E-state index contributed by atoms with van der Waals surface area (Å²) in [4.78, 5) is 40.6. The van der Waals surface area contributed by atoms with Crippen molar-refractivity contribution in [3.8, 4) is 6.07 Å². The number of nitrogens with zero attached hydrogens (tertiary/aromatic N) is 6. The van der Waals surface area contributed by atoms with Gasteiger partial charge >= 0.3 is 24.3 Å². The second-order valence-electron chi connectivity index (χ2n) is 9.05. The Hall–Kier alpha value is -4.92. The van der Waals surface area contributed by atoms with Crippen molar-refractivity contribution >= 4 is 57.1 Å². The van der Waals surface area contributed by atoms with Crippen LogP contribution in [0.5, 0.6) is 0 Å². The Bertz CT molecular complexity index is 1670. The number of aromatic nitrogens is 5. The lowest BCUT2D eigenvalue weighted by atomic mass is 10.0. The molecular formula is C25H21ClF6N8O4. The molecule has 44 heavy (non-hydrogen) atoms. The number of nitriles is 1. The van der Waals surface area contributed by atoms with Gasteiger partial charge in [-0.05, 0) is 31.5 Å². The number of H-pyrrole nitrogens is 1. The summed E-state index contributed by atoms with van der Waals surface area (Å²) in [6, 6.07) is 8.12. The average molecular weight is 647 g/mol. The first-order chi connectivity index (χ1) is 20.5. The molecule has 2 unspecified atom stereocenters. The van der Waals surface area contributed by atoms with Crippen molar-refractivity contribution in [2.24, 2.45) is 5.92 Å². The van der Waals surface area contributed by atoms with Crippen molar-refractivity contribution in [3.05, 3.63) is 47.6 Å². The third kappa shape index (κ3) is 8.12. The summed E-state index contributed by atoms with van der Waals surface area (Å²) in [6.07, 6.45) is -4.44. The van der Waals surface area contributed by atoms with Gasteiger partial charge in [0.15, 0.2) is 11.5 Å². The molecule has 1 fully saturated rings. The van der Waals surface area contributed by atoms with Crippen molar-refractivity contribution in [2.75, 3.05) is 23.3 Å². The minimum Gasteiger partial charge on any atom is -0.475 e. The Labute approximate surface area is 248 Å². The van der Waals surface area contributed by atoms with Gasteiger partial charge in [0.1, 0.15) is 11.8 Å². The number of fused-ring (bicyclic) bond motifs is 2. The molecule has 19 heteroatoms. The minimum absolute atomic E-state index is 0.0149. The van der Waals surface area contributed by atoms with E-state index >= 15 is 0 Å². The molecule has 1 aliphatic rings. The number of imidazole rings is 1. The van der Waals surface area contributed by atoms with Crippen LogP contribution in [-0.2, 0) is 9.59 Å². The van der Waals surface area contributed by atoms with E-state index in [-0.39, 0.29) is 12.0 Å². The van der Waals surface area contributed by atoms with Crippen LogP contribution in [0.2, 0.25) is 5.02 Å². The Morgan fingerprint density at radius 1 is 1.11 bits per heavy atom. The highest BCUT2D eigenvalue weighted by molar-refractivity contribution is 6.36. The van der Waals surface area contributed by atoms with E-state index in [2.05, 4.69) is 48.1 Å². The number of benzene rings is 1. The first-order valence-electron chi connectivity index (χ1n) is 12.3. The molecule has 1 aliphatic heterocycles. The van der Waals surface area contributed by atoms with Crippen LogP contribution in [0.3, 0.4) is 0 Å². The minimum atomic E-state index is -5.08. The first kappa shape index (κ1) is 33.6. The zero-order chi connectivity index (χ0) is 32.8. The lowest BCUT2D eigenvalue weighted by Gasteiger charge is -2.27. The maximum Gasteiger partial charge on any atom is 0.490 e. The van der Waals surface area contributed by atoms with Crippen LogP contribution in [0.15, 0.2) is 37.1 Å². The molecule has 4 aromatic rings. The zero-order valence-electron chi connectivity index (χ0n) is 22.3. The molecule has 0 bridgehead atoms. The Kier molecular flexibility index (Phi) is 10.4. The average Bonchev–Trinajstić information content (AvgIpc) is 3.63. The number of carboxylic acids is 2. The monoisotopic (exact) mass is 646 g/mol. The molecule has 0 amide bonds. The number of aliphatic carboxylic acids is 2. The van der Waals surface area contributed by atoms with Crippen LogP contribution in [0.4, 0.5) is 37.8 Å². The van der Waals surface area contributed by atoms with E-state index in [1.807, 2.05) is 18.2 Å². The highest BCUT2D eigenvalue weighted by Gasteiger charge is 2.39. The third-order valence-electron chi connectivity index (χ3n) is 6.05. The molecule has 4 N–H and O–H groups in total. The molecule has 4 heterocycles. The number of alkyl halides is 6. The molecule has 2 atom stereocenters. The van der Waals surface area contributed by atoms with E-state index in [1.54, 1.807) is 12.5 Å². The van der Waals surface area contributed by atoms with E-state index in [1.165, 1.54) is 6.33 Å². The molecule has 0 saturated carbocycles. The van der Waals surface area contributed by atoms with Gasteiger partial charge in [-0.3, -0.25) is 4.98 Å². The van der Waals surface area contributed by atoms with Crippen LogP contribution < -0.4 is 10.2 Å². The van der Waals surface area contributed by atoms with Crippen molar-refractivity contribution in [2.45, 2.75) is 31.7 Å². The van der Waals surface area contributed by atoms with Crippen LogP contribution in [0.25, 0.3) is 22.1 Å². The van der Waals surface area contributed by atoms with Crippen LogP contribution in [0, 0.1) is 17.2 Å². The summed E-state index contributed by atoms with van der Waals surface area (Å²) in [5.41, 5.74) is 4.23. The van der Waals surface area contributed by atoms with E-state index < -0.39 is 24.3 Å². The van der Waals surface area contributed by atoms with Gasteiger partial charge in [0.2, 0.25) is 0 Å². The van der Waals surface area contributed by atoms with Gasteiger partial charge in [-0.2, -0.15) is 31.6 Å². The second kappa shape index (κ2) is 13.6. The molecule has 3 aromatic heterocycles. The standard InChI is InChI=1S/C21H19ClN8.2C2HF3O2/c1-12(29-21-18-20(26-10-25-18)27-11-28-21)15-7-16(22)14-3-2-5-24-17(14)19(15)30-6-4-13(8-23)9-30;2*3-2(4,5)1(6)7/h2-3,5,7,10-13H,4,6,9H2,1H3,(H2,25,26,27,28,29);2*(H,6,7). The number of hydrogen-bond acceptors (Lipinski definition) is 9. The highest BCUT2D eigenvalue weighted by Crippen LogP contribution is 2.40. The number of carbonyl (C=O) groups is 2. The molecule has 234 valence electrons. The van der Waals surface area contributed by atoms with Crippen molar-refractivity contribution in [1.82, 2.24) is 24.9 Å². The Balaban J connectivity index is 0.000000317. The Morgan fingerprint density at radius 2 is 1.75 bits per heavy atom. The summed E-state index contributed by atoms with van der Waals surface area (Å²) < 4.78 is 63.5. The lowest BCUT2D eigenvalue weighted by molar-refractivity contribution is -0.193. The van der Waals surface area contributed by atoms with Gasteiger partial charge < -0.3 is 25.4 Å². The molecule has 5 rings (SSSR count). The van der Waals surface area contributed by atoms with Crippen LogP contribution in [-0.4, -0.2) is 72.5 Å². The van der Waals surface area contributed by atoms with Crippen molar-refractivity contribution in [3.63, 3.8) is 0 Å². The lowest BCUT2D eigenvalue weighted by Crippen LogP contribution is -2.23. The SMILES string of the molecule is CC(Nc1ncnc2[nH]cnc12)c1cc(Cl)c2cccnc2c1N1CCC(C#N)C1.O=C(O)C(F)(F)F.O=C(O)C(F)(F)F. The van der Waals surface area contributed by atoms with Gasteiger partial charge in [-0.25, -0.2) is 24.5 Å². The van der Waals surface area contributed by atoms with Crippen LogP contribution >= 0.6 is 11.6 Å². The van der Waals surface area contributed by atoms with Gasteiger partial charge in [0.05, 0.1) is 40.6 Å². The van der Waals surface area contributed by atoms with Gasteiger partial charge in [-0.1, -0.05) is 11.6 Å². The largest absolute Gasteiger partial charge is 0.490 e. The predicted molar refractivity (Wildman–Crippen MR) is 144 cm³/mol. The van der Waals surface area contributed by atoms with E-state index in [0.29, 0.717) is 28.5 Å². The number of rotatable bonds is 4. The van der Waals surface area contributed by atoms with Crippen LogP contribution in [0.1, 0.15) is 24.9 Å². The molecular weight excluding hydrogens is 626 g/mol. The number of carboxylic acid groups (broad SMARTS) is 2. The molecule has 0 radical (unpaired) electrons. The fraction of sp³-hybridized carbons (Fsp3) is 0.320. The summed E-state index contributed by atoms with van der Waals surface area (Å²) in [7, 11) is 0. The number of halogens is 7. The predicted octanol–water partition coefficient (Wildman–Crippen LogP) is 5.34. The zero-order valence-corrected chi connectivity index (χ0v) is 23.0. The van der Waals surface area contributed by atoms with Gasteiger partial charge in [-0.15, -0.1) is 0 Å². The number of pyridine rings is 1. The Morgan fingerprint density at radius 3 is 2.32 bits per heavy atom. The summed E-state index contributed by atoms with van der Waals surface area (Å²) in [5, 5.41) is 28.7. The molecule has 0 aliphatic carbocycles.